The van der Waals surface area contributed by atoms with Crippen molar-refractivity contribution in [2.45, 2.75) is 37.5 Å². The molecule has 0 radical (unpaired) electrons. The summed E-state index contributed by atoms with van der Waals surface area (Å²) in [6.07, 6.45) is 4.61. The summed E-state index contributed by atoms with van der Waals surface area (Å²) in [4.78, 5) is 27.2. The molecule has 6 heteroatoms. The largest absolute Gasteiger partial charge is 0.396 e. The SMILES string of the molecule is CCCCNC1=N[C@@H]2[C@H](C=O)[C@H](C=O)[C@H](CO)C[C@@H]2S1. The second-order valence-corrected chi connectivity index (χ2v) is 6.69. The molecule has 1 aliphatic heterocycles. The van der Waals surface area contributed by atoms with Crippen molar-refractivity contribution in [2.24, 2.45) is 22.7 Å². The highest BCUT2D eigenvalue weighted by Gasteiger charge is 2.47. The summed E-state index contributed by atoms with van der Waals surface area (Å²) in [6, 6.07) is -0.125. The van der Waals surface area contributed by atoms with Crippen LogP contribution in [0.3, 0.4) is 0 Å². The second-order valence-electron chi connectivity index (χ2n) is 5.47. The number of carbonyl (C=O) groups is 2. The van der Waals surface area contributed by atoms with Gasteiger partial charge in [-0.05, 0) is 18.8 Å². The lowest BCUT2D eigenvalue weighted by atomic mass is 9.71. The summed E-state index contributed by atoms with van der Waals surface area (Å²) in [5.41, 5.74) is 0. The van der Waals surface area contributed by atoms with Gasteiger partial charge in [0.2, 0.25) is 0 Å². The average Bonchev–Trinajstić information content (AvgIpc) is 2.87. The molecular weight excluding hydrogens is 276 g/mol. The molecule has 0 spiro atoms. The van der Waals surface area contributed by atoms with E-state index in [-0.39, 0.29) is 23.8 Å². The second kappa shape index (κ2) is 7.22. The molecule has 2 aliphatic rings. The Morgan fingerprint density at radius 3 is 2.75 bits per heavy atom. The normalized spacial score (nSPS) is 36.1. The van der Waals surface area contributed by atoms with E-state index in [0.29, 0.717) is 0 Å². The van der Waals surface area contributed by atoms with Crippen LogP contribution in [-0.2, 0) is 9.59 Å². The van der Waals surface area contributed by atoms with Gasteiger partial charge in [0.25, 0.3) is 0 Å². The number of rotatable bonds is 6. The van der Waals surface area contributed by atoms with Crippen molar-refractivity contribution in [3.05, 3.63) is 0 Å². The minimum absolute atomic E-state index is 0.0455. The number of aliphatic imine (C=N–C) groups is 1. The molecule has 0 aromatic heterocycles. The number of aliphatic hydroxyl groups excluding tert-OH is 1. The molecule has 0 amide bonds. The van der Waals surface area contributed by atoms with Crippen LogP contribution in [0, 0.1) is 17.8 Å². The van der Waals surface area contributed by atoms with Crippen LogP contribution in [0.4, 0.5) is 0 Å². The standard InChI is InChI=1S/C14H22N2O3S/c1-2-3-4-15-14-16-13-11(8-19)10(7-18)9(6-17)5-12(13)20-14/h7-13,17H,2-6H2,1H3,(H,15,16)/t9-,10+,11+,12-,13+/m0/s1. The predicted molar refractivity (Wildman–Crippen MR) is 79.8 cm³/mol. The number of amidine groups is 1. The number of nitrogens with zero attached hydrogens (tertiary/aromatic N) is 1. The van der Waals surface area contributed by atoms with Gasteiger partial charge < -0.3 is 20.0 Å². The van der Waals surface area contributed by atoms with Crippen molar-refractivity contribution in [1.29, 1.82) is 0 Å². The van der Waals surface area contributed by atoms with E-state index in [1.165, 1.54) is 0 Å². The molecule has 1 heterocycles. The molecule has 0 unspecified atom stereocenters. The van der Waals surface area contributed by atoms with Crippen molar-refractivity contribution >= 4 is 29.5 Å². The van der Waals surface area contributed by atoms with Crippen LogP contribution in [0.25, 0.3) is 0 Å². The first-order valence-corrected chi connectivity index (χ1v) is 8.12. The van der Waals surface area contributed by atoms with E-state index in [2.05, 4.69) is 17.2 Å². The van der Waals surface area contributed by atoms with Crippen LogP contribution in [0.1, 0.15) is 26.2 Å². The first-order valence-electron chi connectivity index (χ1n) is 7.24. The number of hydrogen-bond acceptors (Lipinski definition) is 6. The number of unbranched alkanes of at least 4 members (excludes halogenated alkanes) is 1. The number of fused-ring (bicyclic) bond motifs is 1. The summed E-state index contributed by atoms with van der Waals surface area (Å²) < 4.78 is 0. The van der Waals surface area contributed by atoms with Crippen LogP contribution in [0.15, 0.2) is 4.99 Å². The summed E-state index contributed by atoms with van der Waals surface area (Å²) >= 11 is 1.65. The number of hydrogen-bond donors (Lipinski definition) is 2. The van der Waals surface area contributed by atoms with Gasteiger partial charge in [0.05, 0.1) is 6.04 Å². The minimum atomic E-state index is -0.405. The molecule has 5 atom stereocenters. The summed E-state index contributed by atoms with van der Waals surface area (Å²) in [5, 5.41) is 13.8. The van der Waals surface area contributed by atoms with Crippen LogP contribution < -0.4 is 5.32 Å². The van der Waals surface area contributed by atoms with Crippen molar-refractivity contribution in [2.75, 3.05) is 13.2 Å². The molecular formula is C14H22N2O3S. The van der Waals surface area contributed by atoms with Gasteiger partial charge in [-0.2, -0.15) is 0 Å². The highest BCUT2D eigenvalue weighted by molar-refractivity contribution is 8.14. The fraction of sp³-hybridized carbons (Fsp3) is 0.786. The van der Waals surface area contributed by atoms with E-state index >= 15 is 0 Å². The predicted octanol–water partition coefficient (Wildman–Crippen LogP) is 0.858. The van der Waals surface area contributed by atoms with Crippen molar-refractivity contribution in [1.82, 2.24) is 5.32 Å². The third-order valence-electron chi connectivity index (χ3n) is 4.18. The lowest BCUT2D eigenvalue weighted by Crippen LogP contribution is -2.45. The number of nitrogens with one attached hydrogen (secondary N) is 1. The monoisotopic (exact) mass is 298 g/mol. The van der Waals surface area contributed by atoms with E-state index in [9.17, 15) is 14.7 Å². The number of thioether (sulfide) groups is 1. The van der Waals surface area contributed by atoms with Gasteiger partial charge >= 0.3 is 0 Å². The quantitative estimate of drug-likeness (QED) is 0.561. The van der Waals surface area contributed by atoms with E-state index in [1.807, 2.05) is 0 Å². The van der Waals surface area contributed by atoms with Gasteiger partial charge in [-0.3, -0.25) is 4.99 Å². The van der Waals surface area contributed by atoms with Crippen molar-refractivity contribution in [3.63, 3.8) is 0 Å². The number of carbonyl (C=O) groups excluding carboxylic acids is 2. The van der Waals surface area contributed by atoms with Crippen molar-refractivity contribution < 1.29 is 14.7 Å². The highest BCUT2D eigenvalue weighted by Crippen LogP contribution is 2.43. The van der Waals surface area contributed by atoms with Gasteiger partial charge in [-0.25, -0.2) is 0 Å². The first-order chi connectivity index (χ1) is 9.74. The molecule has 1 saturated carbocycles. The molecule has 5 nitrogen and oxygen atoms in total. The Balaban J connectivity index is 2.08. The number of aldehydes is 2. The Kier molecular flexibility index (Phi) is 5.60. The Hall–Kier alpha value is -0.880. The molecule has 1 fully saturated rings. The average molecular weight is 298 g/mol. The Morgan fingerprint density at radius 2 is 2.15 bits per heavy atom. The fourth-order valence-electron chi connectivity index (χ4n) is 3.01. The molecule has 0 bridgehead atoms. The van der Waals surface area contributed by atoms with Gasteiger partial charge in [0, 0.05) is 30.2 Å². The van der Waals surface area contributed by atoms with E-state index in [0.717, 1.165) is 43.5 Å². The summed E-state index contributed by atoms with van der Waals surface area (Å²) in [5.74, 6) is -0.930. The third kappa shape index (κ3) is 3.06. The maximum Gasteiger partial charge on any atom is 0.157 e. The fourth-order valence-corrected chi connectivity index (χ4v) is 4.39. The topological polar surface area (TPSA) is 78.8 Å². The summed E-state index contributed by atoms with van der Waals surface area (Å²) in [6.45, 7) is 2.97. The zero-order valence-corrected chi connectivity index (χ0v) is 12.5. The van der Waals surface area contributed by atoms with Gasteiger partial charge in [-0.15, -0.1) is 0 Å². The van der Waals surface area contributed by atoms with Crippen LogP contribution >= 0.6 is 11.8 Å². The van der Waals surface area contributed by atoms with E-state index in [4.69, 9.17) is 0 Å². The molecule has 2 rings (SSSR count). The van der Waals surface area contributed by atoms with Gasteiger partial charge in [-0.1, -0.05) is 25.1 Å². The van der Waals surface area contributed by atoms with E-state index in [1.54, 1.807) is 11.8 Å². The molecule has 0 aromatic carbocycles. The minimum Gasteiger partial charge on any atom is -0.396 e. The molecule has 0 saturated heterocycles. The zero-order valence-electron chi connectivity index (χ0n) is 11.7. The third-order valence-corrected chi connectivity index (χ3v) is 5.43. The lowest BCUT2D eigenvalue weighted by Gasteiger charge is -2.37. The molecule has 2 N–H and O–H groups in total. The molecule has 112 valence electrons. The van der Waals surface area contributed by atoms with Gasteiger partial charge in [0.1, 0.15) is 12.6 Å². The summed E-state index contributed by atoms with van der Waals surface area (Å²) in [7, 11) is 0. The molecule has 1 aliphatic carbocycles. The molecule has 0 aromatic rings. The Morgan fingerprint density at radius 1 is 1.40 bits per heavy atom. The Labute approximate surface area is 123 Å². The van der Waals surface area contributed by atoms with E-state index < -0.39 is 11.8 Å². The number of aliphatic hydroxyl groups is 1. The lowest BCUT2D eigenvalue weighted by molar-refractivity contribution is -0.124. The Bertz CT molecular complexity index is 389. The smallest absolute Gasteiger partial charge is 0.157 e. The maximum atomic E-state index is 11.4. The highest BCUT2D eigenvalue weighted by atomic mass is 32.2. The van der Waals surface area contributed by atoms with Crippen LogP contribution in [0.2, 0.25) is 0 Å². The van der Waals surface area contributed by atoms with Gasteiger partial charge in [0.15, 0.2) is 5.17 Å². The molecule has 20 heavy (non-hydrogen) atoms. The maximum absolute atomic E-state index is 11.4. The zero-order chi connectivity index (χ0) is 14.5. The van der Waals surface area contributed by atoms with Crippen molar-refractivity contribution in [3.8, 4) is 0 Å². The van der Waals surface area contributed by atoms with Crippen LogP contribution in [-0.4, -0.2) is 47.3 Å². The van der Waals surface area contributed by atoms with Crippen LogP contribution in [0.5, 0.6) is 0 Å². The first kappa shape index (κ1) is 15.5.